The molecule has 3 aromatic rings. The number of carbonyl (C=O) groups excluding carboxylic acids is 1. The maximum absolute atomic E-state index is 11.3. The van der Waals surface area contributed by atoms with Gasteiger partial charge in [0.15, 0.2) is 0 Å². The normalized spacial score (nSPS) is 10.5. The van der Waals surface area contributed by atoms with Crippen molar-refractivity contribution >= 4 is 22.6 Å². The lowest BCUT2D eigenvalue weighted by Gasteiger charge is -2.12. The summed E-state index contributed by atoms with van der Waals surface area (Å²) < 4.78 is 5.84. The van der Waals surface area contributed by atoms with Crippen molar-refractivity contribution < 1.29 is 9.53 Å². The quantitative estimate of drug-likeness (QED) is 0.801. The third-order valence-electron chi connectivity index (χ3n) is 3.41. The molecule has 0 aliphatic rings. The topological polar surface area (TPSA) is 64.1 Å². The van der Waals surface area contributed by atoms with Crippen molar-refractivity contribution in [2.24, 2.45) is 0 Å². The van der Waals surface area contributed by atoms with E-state index in [2.05, 4.69) is 15.3 Å². The molecular weight excluding hydrogens is 290 g/mol. The third kappa shape index (κ3) is 3.45. The highest BCUT2D eigenvalue weighted by Gasteiger charge is 2.08. The lowest BCUT2D eigenvalue weighted by Crippen LogP contribution is -2.09. The van der Waals surface area contributed by atoms with Crippen LogP contribution in [0, 0.1) is 6.92 Å². The second-order valence-electron chi connectivity index (χ2n) is 5.21. The molecule has 5 heteroatoms. The van der Waals surface area contributed by atoms with Crippen molar-refractivity contribution in [3.8, 4) is 5.75 Å². The van der Waals surface area contributed by atoms with Gasteiger partial charge in [0.25, 0.3) is 0 Å². The van der Waals surface area contributed by atoms with Gasteiger partial charge in [0.1, 0.15) is 12.4 Å². The van der Waals surface area contributed by atoms with E-state index in [0.29, 0.717) is 18.0 Å². The second-order valence-corrected chi connectivity index (χ2v) is 5.21. The first-order valence-corrected chi connectivity index (χ1v) is 7.35. The van der Waals surface area contributed by atoms with E-state index in [4.69, 9.17) is 4.74 Å². The molecule has 3 rings (SSSR count). The van der Waals surface area contributed by atoms with Crippen LogP contribution in [0.5, 0.6) is 5.75 Å². The van der Waals surface area contributed by atoms with Gasteiger partial charge in [0.2, 0.25) is 5.91 Å². The number of hydrogen-bond acceptors (Lipinski definition) is 4. The zero-order chi connectivity index (χ0) is 16.2. The predicted octanol–water partition coefficient (Wildman–Crippen LogP) is 3.48. The molecule has 5 nitrogen and oxygen atoms in total. The summed E-state index contributed by atoms with van der Waals surface area (Å²) >= 11 is 0. The fourth-order valence-electron chi connectivity index (χ4n) is 2.29. The molecule has 0 saturated heterocycles. The molecule has 23 heavy (non-hydrogen) atoms. The fourth-order valence-corrected chi connectivity index (χ4v) is 2.29. The minimum atomic E-state index is -0.136. The van der Waals surface area contributed by atoms with Crippen LogP contribution in [0.3, 0.4) is 0 Å². The lowest BCUT2D eigenvalue weighted by atomic mass is 10.2. The number of rotatable bonds is 4. The molecule has 0 fully saturated rings. The summed E-state index contributed by atoms with van der Waals surface area (Å²) in [5, 5.41) is 2.75. The van der Waals surface area contributed by atoms with Crippen molar-refractivity contribution in [3.05, 3.63) is 59.9 Å². The van der Waals surface area contributed by atoms with E-state index >= 15 is 0 Å². The predicted molar refractivity (Wildman–Crippen MR) is 89.4 cm³/mol. The smallest absolute Gasteiger partial charge is 0.221 e. The van der Waals surface area contributed by atoms with Gasteiger partial charge >= 0.3 is 0 Å². The second kappa shape index (κ2) is 6.44. The van der Waals surface area contributed by atoms with E-state index in [1.807, 2.05) is 49.4 Å². The Labute approximate surface area is 134 Å². The fraction of sp³-hybridized carbons (Fsp3) is 0.167. The van der Waals surface area contributed by atoms with Crippen LogP contribution in [0.2, 0.25) is 0 Å². The molecule has 1 aromatic heterocycles. The average molecular weight is 307 g/mol. The number of amides is 1. The Balaban J connectivity index is 1.84. The molecule has 0 aliphatic heterocycles. The molecule has 116 valence electrons. The van der Waals surface area contributed by atoms with Gasteiger partial charge in [-0.2, -0.15) is 0 Å². The van der Waals surface area contributed by atoms with Crippen LogP contribution < -0.4 is 10.1 Å². The van der Waals surface area contributed by atoms with Crippen molar-refractivity contribution in [2.45, 2.75) is 20.5 Å². The number of nitrogens with one attached hydrogen (secondary N) is 1. The van der Waals surface area contributed by atoms with Crippen molar-refractivity contribution in [2.75, 3.05) is 5.32 Å². The number of aromatic nitrogens is 2. The number of hydrogen-bond donors (Lipinski definition) is 1. The van der Waals surface area contributed by atoms with E-state index in [-0.39, 0.29) is 5.91 Å². The highest BCUT2D eigenvalue weighted by Crippen LogP contribution is 2.25. The first-order valence-electron chi connectivity index (χ1n) is 7.35. The summed E-state index contributed by atoms with van der Waals surface area (Å²) in [6.07, 6.45) is 0. The molecule has 0 saturated carbocycles. The minimum absolute atomic E-state index is 0.136. The number of fused-ring (bicyclic) bond motifs is 1. The molecule has 0 radical (unpaired) electrons. The molecule has 0 atom stereocenters. The zero-order valence-corrected chi connectivity index (χ0v) is 13.0. The number of carbonyl (C=O) groups is 1. The molecule has 0 aliphatic carbocycles. The van der Waals surface area contributed by atoms with Gasteiger partial charge in [-0.1, -0.05) is 24.3 Å². The summed E-state index contributed by atoms with van der Waals surface area (Å²) in [5.41, 5.74) is 3.97. The monoisotopic (exact) mass is 307 g/mol. The molecule has 0 spiro atoms. The molecule has 1 heterocycles. The SMILES string of the molecule is CC(=O)Nc1ccccc1OCc1nc2ccccc2nc1C. The zero-order valence-electron chi connectivity index (χ0n) is 13.0. The Hall–Kier alpha value is -2.95. The number of para-hydroxylation sites is 4. The molecule has 2 aromatic carbocycles. The van der Waals surface area contributed by atoms with Crippen LogP contribution in [0.25, 0.3) is 11.0 Å². The van der Waals surface area contributed by atoms with E-state index in [1.54, 1.807) is 6.07 Å². The number of anilines is 1. The minimum Gasteiger partial charge on any atom is -0.485 e. The Morgan fingerprint density at radius 3 is 2.43 bits per heavy atom. The van der Waals surface area contributed by atoms with Crippen LogP contribution >= 0.6 is 0 Å². The summed E-state index contributed by atoms with van der Waals surface area (Å²) in [7, 11) is 0. The number of benzene rings is 2. The van der Waals surface area contributed by atoms with Crippen LogP contribution in [0.4, 0.5) is 5.69 Å². The maximum atomic E-state index is 11.3. The van der Waals surface area contributed by atoms with Gasteiger partial charge < -0.3 is 10.1 Å². The van der Waals surface area contributed by atoms with Crippen LogP contribution in [-0.2, 0) is 11.4 Å². The third-order valence-corrected chi connectivity index (χ3v) is 3.41. The van der Waals surface area contributed by atoms with Crippen molar-refractivity contribution in [1.82, 2.24) is 9.97 Å². The van der Waals surface area contributed by atoms with Gasteiger partial charge in [-0.05, 0) is 31.2 Å². The molecule has 0 bridgehead atoms. The van der Waals surface area contributed by atoms with E-state index in [9.17, 15) is 4.79 Å². The van der Waals surface area contributed by atoms with E-state index in [0.717, 1.165) is 22.4 Å². The number of aryl methyl sites for hydroxylation is 1. The Morgan fingerprint density at radius 2 is 1.70 bits per heavy atom. The van der Waals surface area contributed by atoms with Gasteiger partial charge in [-0.15, -0.1) is 0 Å². The largest absolute Gasteiger partial charge is 0.485 e. The molecule has 0 unspecified atom stereocenters. The summed E-state index contributed by atoms with van der Waals surface area (Å²) in [6, 6.07) is 15.1. The number of ether oxygens (including phenoxy) is 1. The molecule has 1 N–H and O–H groups in total. The summed E-state index contributed by atoms with van der Waals surface area (Å²) in [4.78, 5) is 20.4. The van der Waals surface area contributed by atoms with Gasteiger partial charge in [-0.3, -0.25) is 4.79 Å². The first-order chi connectivity index (χ1) is 11.1. The highest BCUT2D eigenvalue weighted by molar-refractivity contribution is 5.90. The average Bonchev–Trinajstić information content (AvgIpc) is 2.53. The lowest BCUT2D eigenvalue weighted by molar-refractivity contribution is -0.114. The van der Waals surface area contributed by atoms with Gasteiger partial charge in [0, 0.05) is 6.92 Å². The van der Waals surface area contributed by atoms with Crippen LogP contribution in [-0.4, -0.2) is 15.9 Å². The van der Waals surface area contributed by atoms with Gasteiger partial charge in [-0.25, -0.2) is 9.97 Å². The Bertz CT molecular complexity index is 862. The van der Waals surface area contributed by atoms with Crippen LogP contribution in [0.1, 0.15) is 18.3 Å². The molecule has 1 amide bonds. The Kier molecular flexibility index (Phi) is 4.19. The highest BCUT2D eigenvalue weighted by atomic mass is 16.5. The standard InChI is InChI=1S/C18H17N3O2/c1-12-17(21-15-8-4-3-7-14(15)19-12)11-23-18-10-6-5-9-16(18)20-13(2)22/h3-10H,11H2,1-2H3,(H,20,22). The number of nitrogens with zero attached hydrogens (tertiary/aromatic N) is 2. The van der Waals surface area contributed by atoms with Crippen LogP contribution in [0.15, 0.2) is 48.5 Å². The van der Waals surface area contributed by atoms with E-state index in [1.165, 1.54) is 6.92 Å². The Morgan fingerprint density at radius 1 is 1.04 bits per heavy atom. The summed E-state index contributed by atoms with van der Waals surface area (Å²) in [6.45, 7) is 3.67. The first kappa shape index (κ1) is 15.0. The summed E-state index contributed by atoms with van der Waals surface area (Å²) in [5.74, 6) is 0.472. The van der Waals surface area contributed by atoms with Gasteiger partial charge in [0.05, 0.1) is 28.1 Å². The molecular formula is C18H17N3O2. The van der Waals surface area contributed by atoms with E-state index < -0.39 is 0 Å². The van der Waals surface area contributed by atoms with Crippen molar-refractivity contribution in [3.63, 3.8) is 0 Å². The van der Waals surface area contributed by atoms with Crippen molar-refractivity contribution in [1.29, 1.82) is 0 Å². The maximum Gasteiger partial charge on any atom is 0.221 e.